The second-order valence-electron chi connectivity index (χ2n) is 5.57. The van der Waals surface area contributed by atoms with Crippen molar-refractivity contribution in [2.75, 3.05) is 4.72 Å². The molecule has 0 atom stereocenters. The SMILES string of the molecule is Cc1cc(C)c(NS(=O)(=O)c2cccc(C(=O)O)c2)c(C)c1C. The van der Waals surface area contributed by atoms with E-state index in [0.717, 1.165) is 28.3 Å². The minimum Gasteiger partial charge on any atom is -0.478 e. The van der Waals surface area contributed by atoms with E-state index < -0.39 is 16.0 Å². The summed E-state index contributed by atoms with van der Waals surface area (Å²) in [5.74, 6) is -1.17. The molecule has 2 rings (SSSR count). The maximum atomic E-state index is 12.6. The summed E-state index contributed by atoms with van der Waals surface area (Å²) in [6, 6.07) is 7.22. The Bertz CT molecular complexity index is 886. The van der Waals surface area contributed by atoms with Gasteiger partial charge in [0.05, 0.1) is 16.1 Å². The van der Waals surface area contributed by atoms with Crippen LogP contribution in [0.1, 0.15) is 32.6 Å². The molecule has 6 heteroatoms. The molecule has 0 fully saturated rings. The number of hydrogen-bond acceptors (Lipinski definition) is 3. The van der Waals surface area contributed by atoms with Crippen molar-refractivity contribution in [1.29, 1.82) is 0 Å². The summed E-state index contributed by atoms with van der Waals surface area (Å²) in [6.45, 7) is 7.61. The molecule has 0 radical (unpaired) electrons. The van der Waals surface area contributed by atoms with Crippen LogP contribution in [-0.2, 0) is 10.0 Å². The van der Waals surface area contributed by atoms with Gasteiger partial charge in [0.2, 0.25) is 0 Å². The Morgan fingerprint density at radius 2 is 1.65 bits per heavy atom. The van der Waals surface area contributed by atoms with Crippen LogP contribution in [0.4, 0.5) is 5.69 Å². The maximum Gasteiger partial charge on any atom is 0.335 e. The highest BCUT2D eigenvalue weighted by Gasteiger charge is 2.19. The number of carboxylic acids is 1. The first-order valence-electron chi connectivity index (χ1n) is 7.07. The molecule has 0 spiro atoms. The molecule has 0 unspecified atom stereocenters. The van der Waals surface area contributed by atoms with Gasteiger partial charge in [0, 0.05) is 0 Å². The molecule has 23 heavy (non-hydrogen) atoms. The first kappa shape index (κ1) is 17.0. The number of rotatable bonds is 4. The molecular weight excluding hydrogens is 314 g/mol. The van der Waals surface area contributed by atoms with Gasteiger partial charge in [-0.3, -0.25) is 4.72 Å². The molecule has 122 valence electrons. The molecule has 0 aromatic heterocycles. The third kappa shape index (κ3) is 3.37. The van der Waals surface area contributed by atoms with Crippen molar-refractivity contribution in [2.45, 2.75) is 32.6 Å². The van der Waals surface area contributed by atoms with Crippen LogP contribution in [0, 0.1) is 27.7 Å². The van der Waals surface area contributed by atoms with Crippen molar-refractivity contribution >= 4 is 21.7 Å². The second-order valence-corrected chi connectivity index (χ2v) is 7.26. The number of nitrogens with one attached hydrogen (secondary N) is 1. The van der Waals surface area contributed by atoms with E-state index in [4.69, 9.17) is 5.11 Å². The lowest BCUT2D eigenvalue weighted by Crippen LogP contribution is -2.16. The zero-order valence-electron chi connectivity index (χ0n) is 13.5. The number of benzene rings is 2. The zero-order valence-corrected chi connectivity index (χ0v) is 14.3. The van der Waals surface area contributed by atoms with Crippen molar-refractivity contribution in [3.05, 3.63) is 58.1 Å². The van der Waals surface area contributed by atoms with Crippen LogP contribution < -0.4 is 4.72 Å². The monoisotopic (exact) mass is 333 g/mol. The molecule has 0 heterocycles. The first-order chi connectivity index (χ1) is 10.6. The fraction of sp³-hybridized carbons (Fsp3) is 0.235. The van der Waals surface area contributed by atoms with Gasteiger partial charge in [-0.25, -0.2) is 13.2 Å². The summed E-state index contributed by atoms with van der Waals surface area (Å²) in [6.07, 6.45) is 0. The van der Waals surface area contributed by atoms with Crippen LogP contribution in [0.25, 0.3) is 0 Å². The number of hydrogen-bond donors (Lipinski definition) is 2. The van der Waals surface area contributed by atoms with E-state index in [1.165, 1.54) is 18.2 Å². The summed E-state index contributed by atoms with van der Waals surface area (Å²) >= 11 is 0. The Kier molecular flexibility index (Phi) is 4.47. The molecule has 0 saturated carbocycles. The molecule has 2 aromatic carbocycles. The molecular formula is C17H19NO4S. The molecule has 0 saturated heterocycles. The summed E-state index contributed by atoms with van der Waals surface area (Å²) in [7, 11) is -3.86. The van der Waals surface area contributed by atoms with Gasteiger partial charge in [-0.1, -0.05) is 12.1 Å². The molecule has 0 amide bonds. The van der Waals surface area contributed by atoms with Crippen LogP contribution >= 0.6 is 0 Å². The largest absolute Gasteiger partial charge is 0.478 e. The standard InChI is InChI=1S/C17H19NO4S/c1-10-8-11(2)16(13(4)12(10)3)18-23(21,22)15-7-5-6-14(9-15)17(19)20/h5-9,18H,1-4H3,(H,19,20). The number of aromatic carboxylic acids is 1. The van der Waals surface area contributed by atoms with Gasteiger partial charge in [-0.15, -0.1) is 0 Å². The Balaban J connectivity index is 2.50. The summed E-state index contributed by atoms with van der Waals surface area (Å²) < 4.78 is 27.7. The van der Waals surface area contributed by atoms with Gasteiger partial charge in [0.25, 0.3) is 10.0 Å². The lowest BCUT2D eigenvalue weighted by Gasteiger charge is -2.17. The summed E-state index contributed by atoms with van der Waals surface area (Å²) in [4.78, 5) is 10.9. The Labute approximate surface area is 136 Å². The second kappa shape index (κ2) is 6.04. The minimum atomic E-state index is -3.86. The smallest absolute Gasteiger partial charge is 0.335 e. The van der Waals surface area contributed by atoms with Crippen molar-refractivity contribution < 1.29 is 18.3 Å². The zero-order chi connectivity index (χ0) is 17.4. The van der Waals surface area contributed by atoms with E-state index in [2.05, 4.69) is 4.72 Å². The number of carboxylic acid groups (broad SMARTS) is 1. The topological polar surface area (TPSA) is 83.5 Å². The third-order valence-corrected chi connectivity index (χ3v) is 5.33. The minimum absolute atomic E-state index is 0.0681. The number of aryl methyl sites for hydroxylation is 2. The maximum absolute atomic E-state index is 12.6. The van der Waals surface area contributed by atoms with Crippen LogP contribution in [0.15, 0.2) is 35.2 Å². The average molecular weight is 333 g/mol. The molecule has 0 aliphatic carbocycles. The van der Waals surface area contributed by atoms with Crippen LogP contribution in [0.3, 0.4) is 0 Å². The highest BCUT2D eigenvalue weighted by Crippen LogP contribution is 2.28. The van der Waals surface area contributed by atoms with E-state index in [0.29, 0.717) is 5.69 Å². The molecule has 5 nitrogen and oxygen atoms in total. The van der Waals surface area contributed by atoms with E-state index in [9.17, 15) is 13.2 Å². The number of carbonyl (C=O) groups is 1. The van der Waals surface area contributed by atoms with Crippen molar-refractivity contribution in [1.82, 2.24) is 0 Å². The van der Waals surface area contributed by atoms with Crippen molar-refractivity contribution in [3.63, 3.8) is 0 Å². The van der Waals surface area contributed by atoms with Gasteiger partial charge in [0.15, 0.2) is 0 Å². The van der Waals surface area contributed by atoms with Gasteiger partial charge in [-0.05, 0) is 68.1 Å². The molecule has 0 aliphatic heterocycles. The van der Waals surface area contributed by atoms with Crippen LogP contribution in [0.5, 0.6) is 0 Å². The highest BCUT2D eigenvalue weighted by atomic mass is 32.2. The van der Waals surface area contributed by atoms with E-state index in [1.807, 2.05) is 33.8 Å². The Hall–Kier alpha value is -2.34. The molecule has 0 aliphatic rings. The van der Waals surface area contributed by atoms with E-state index in [1.54, 1.807) is 0 Å². The predicted molar refractivity (Wildman–Crippen MR) is 89.6 cm³/mol. The number of sulfonamides is 1. The lowest BCUT2D eigenvalue weighted by atomic mass is 9.99. The van der Waals surface area contributed by atoms with E-state index in [-0.39, 0.29) is 10.5 Å². The van der Waals surface area contributed by atoms with Crippen molar-refractivity contribution in [3.8, 4) is 0 Å². The van der Waals surface area contributed by atoms with Gasteiger partial charge in [-0.2, -0.15) is 0 Å². The average Bonchev–Trinajstić information content (AvgIpc) is 2.49. The first-order valence-corrected chi connectivity index (χ1v) is 8.55. The van der Waals surface area contributed by atoms with Gasteiger partial charge >= 0.3 is 5.97 Å². The van der Waals surface area contributed by atoms with Gasteiger partial charge in [0.1, 0.15) is 0 Å². The number of anilines is 1. The Morgan fingerprint density at radius 1 is 1.00 bits per heavy atom. The van der Waals surface area contributed by atoms with Crippen molar-refractivity contribution in [2.24, 2.45) is 0 Å². The highest BCUT2D eigenvalue weighted by molar-refractivity contribution is 7.92. The molecule has 2 N–H and O–H groups in total. The normalized spacial score (nSPS) is 11.3. The summed E-state index contributed by atoms with van der Waals surface area (Å²) in [5, 5.41) is 9.00. The van der Waals surface area contributed by atoms with Crippen LogP contribution in [0.2, 0.25) is 0 Å². The summed E-state index contributed by atoms with van der Waals surface area (Å²) in [5.41, 5.74) is 4.27. The fourth-order valence-corrected chi connectivity index (χ4v) is 3.67. The Morgan fingerprint density at radius 3 is 2.26 bits per heavy atom. The molecule has 2 aromatic rings. The van der Waals surface area contributed by atoms with E-state index >= 15 is 0 Å². The van der Waals surface area contributed by atoms with Gasteiger partial charge < -0.3 is 5.11 Å². The fourth-order valence-electron chi connectivity index (χ4n) is 2.43. The molecule has 0 bridgehead atoms. The quantitative estimate of drug-likeness (QED) is 0.898. The lowest BCUT2D eigenvalue weighted by molar-refractivity contribution is 0.0696. The predicted octanol–water partition coefficient (Wildman–Crippen LogP) is 3.42. The van der Waals surface area contributed by atoms with Crippen LogP contribution in [-0.4, -0.2) is 19.5 Å². The third-order valence-electron chi connectivity index (χ3n) is 3.98.